The quantitative estimate of drug-likeness (QED) is 0.104. The highest BCUT2D eigenvalue weighted by Gasteiger charge is 2.25. The van der Waals surface area contributed by atoms with Crippen LogP contribution < -0.4 is 0 Å². The normalized spacial score (nSPS) is 15.5. The topological polar surface area (TPSA) is 54.8 Å². The lowest BCUT2D eigenvalue weighted by atomic mass is 9.86. The smallest absolute Gasteiger partial charge is 0.142 e. The summed E-state index contributed by atoms with van der Waals surface area (Å²) in [7, 11) is 0. The summed E-state index contributed by atoms with van der Waals surface area (Å²) < 4.78 is 0. The zero-order valence-electron chi connectivity index (χ0n) is 24.6. The van der Waals surface area contributed by atoms with E-state index in [1.807, 2.05) is 36.7 Å². The zero-order valence-corrected chi connectivity index (χ0v) is 25.4. The predicted molar refractivity (Wildman–Crippen MR) is 168 cm³/mol. The number of hydrogen-bond donors (Lipinski definition) is 0. The van der Waals surface area contributed by atoms with Crippen LogP contribution in [0.5, 0.6) is 0 Å². The van der Waals surface area contributed by atoms with Gasteiger partial charge in [0.1, 0.15) is 12.4 Å². The fourth-order valence-corrected chi connectivity index (χ4v) is 5.79. The Bertz CT molecular complexity index is 1220. The number of benzene rings is 2. The molecule has 0 amide bonds. The number of piperidine rings is 1. The highest BCUT2D eigenvalue weighted by molar-refractivity contribution is 6.30. The van der Waals surface area contributed by atoms with E-state index in [9.17, 15) is 4.79 Å². The minimum atomic E-state index is 0.209. The molecule has 2 aromatic carbocycles. The summed E-state index contributed by atoms with van der Waals surface area (Å²) in [6, 6.07) is 20.4. The number of aromatic nitrogens is 1. The molecule has 0 N–H and O–H groups in total. The van der Waals surface area contributed by atoms with E-state index >= 15 is 0 Å². The molecule has 3 aromatic rings. The van der Waals surface area contributed by atoms with Crippen LogP contribution in [-0.4, -0.2) is 34.5 Å². The van der Waals surface area contributed by atoms with E-state index in [1.165, 1.54) is 11.1 Å². The van der Waals surface area contributed by atoms with E-state index in [4.69, 9.17) is 21.6 Å². The number of oxime groups is 1. The van der Waals surface area contributed by atoms with Crippen molar-refractivity contribution in [2.75, 3.05) is 13.1 Å². The van der Waals surface area contributed by atoms with Crippen molar-refractivity contribution >= 4 is 23.1 Å². The van der Waals surface area contributed by atoms with Crippen LogP contribution in [0.15, 0.2) is 78.2 Å². The van der Waals surface area contributed by atoms with E-state index in [1.54, 1.807) is 0 Å². The van der Waals surface area contributed by atoms with Crippen LogP contribution in [0.3, 0.4) is 0 Å². The van der Waals surface area contributed by atoms with Crippen molar-refractivity contribution in [1.29, 1.82) is 0 Å². The van der Waals surface area contributed by atoms with Gasteiger partial charge in [0.15, 0.2) is 0 Å². The molecular weight excluding hydrogens is 530 g/mol. The first-order valence-corrected chi connectivity index (χ1v) is 15.5. The monoisotopic (exact) mass is 573 g/mol. The van der Waals surface area contributed by atoms with Crippen LogP contribution in [0, 0.1) is 18.8 Å². The van der Waals surface area contributed by atoms with Gasteiger partial charge < -0.3 is 4.84 Å². The van der Waals surface area contributed by atoms with E-state index in [0.717, 1.165) is 81.4 Å². The molecule has 218 valence electrons. The maximum Gasteiger partial charge on any atom is 0.142 e. The Labute approximate surface area is 251 Å². The number of ketones is 1. The van der Waals surface area contributed by atoms with E-state index < -0.39 is 0 Å². The van der Waals surface area contributed by atoms with Crippen molar-refractivity contribution in [1.82, 2.24) is 9.88 Å². The zero-order chi connectivity index (χ0) is 28.9. The predicted octanol–water partition coefficient (Wildman–Crippen LogP) is 8.42. The Hall–Kier alpha value is -3.02. The number of Topliss-reactive ketones (excluding diaryl/α,β-unsaturated/α-hetero) is 1. The summed E-state index contributed by atoms with van der Waals surface area (Å²) in [6.45, 7) is 7.65. The third-order valence-corrected chi connectivity index (χ3v) is 8.35. The van der Waals surface area contributed by atoms with Crippen molar-refractivity contribution < 1.29 is 9.63 Å². The number of halogens is 1. The van der Waals surface area contributed by atoms with Gasteiger partial charge >= 0.3 is 0 Å². The molecule has 0 radical (unpaired) electrons. The number of rotatable bonds is 15. The number of carbonyl (C=O) groups is 1. The highest BCUT2D eigenvalue weighted by Crippen LogP contribution is 2.25. The lowest BCUT2D eigenvalue weighted by Gasteiger charge is -2.31. The van der Waals surface area contributed by atoms with Crippen LogP contribution in [0.2, 0.25) is 5.02 Å². The molecule has 5 nitrogen and oxygen atoms in total. The Kier molecular flexibility index (Phi) is 12.4. The Balaban J connectivity index is 1.28. The van der Waals surface area contributed by atoms with Gasteiger partial charge in [-0.15, -0.1) is 0 Å². The lowest BCUT2D eigenvalue weighted by Crippen LogP contribution is -2.35. The first-order valence-electron chi connectivity index (χ1n) is 15.2. The SMILES string of the molecule is CCCC(CCCCC(=O)C1CCN(Cc2ccncc2)CC1)C(=NOCc1ccc(Cl)cc1)c1ccc(C)cc1. The number of aryl methyl sites for hydroxylation is 1. The largest absolute Gasteiger partial charge is 0.391 e. The number of pyridine rings is 1. The molecule has 1 aromatic heterocycles. The average Bonchev–Trinajstić information content (AvgIpc) is 2.99. The summed E-state index contributed by atoms with van der Waals surface area (Å²) in [5, 5.41) is 5.41. The molecule has 0 saturated carbocycles. The summed E-state index contributed by atoms with van der Waals surface area (Å²) in [5.41, 5.74) is 5.67. The van der Waals surface area contributed by atoms with Gasteiger partial charge in [-0.1, -0.05) is 78.5 Å². The van der Waals surface area contributed by atoms with Crippen molar-refractivity contribution in [3.8, 4) is 0 Å². The molecule has 0 aliphatic carbocycles. The van der Waals surface area contributed by atoms with Gasteiger partial charge in [0.25, 0.3) is 0 Å². The number of unbranched alkanes of at least 4 members (excludes halogenated alkanes) is 1. The average molecular weight is 574 g/mol. The van der Waals surface area contributed by atoms with Crippen molar-refractivity contribution in [2.45, 2.75) is 78.4 Å². The van der Waals surface area contributed by atoms with Gasteiger partial charge in [0.05, 0.1) is 5.71 Å². The van der Waals surface area contributed by atoms with Gasteiger partial charge in [-0.3, -0.25) is 14.7 Å². The van der Waals surface area contributed by atoms with E-state index in [0.29, 0.717) is 29.8 Å². The fraction of sp³-hybridized carbons (Fsp3) is 0.457. The van der Waals surface area contributed by atoms with Crippen LogP contribution >= 0.6 is 11.6 Å². The Morgan fingerprint density at radius 1 is 0.976 bits per heavy atom. The standard InChI is InChI=1S/C35H44ClN3O2/c1-3-6-31(35(32-13-9-27(2)10-14-32)38-41-26-29-11-15-33(36)16-12-29)7-4-5-8-34(40)30-19-23-39(24-20-30)25-28-17-21-37-22-18-28/h9-18,21-22,30-31H,3-8,19-20,23-26H2,1-2H3. The summed E-state index contributed by atoms with van der Waals surface area (Å²) in [5.74, 6) is 0.944. The molecule has 6 heteroatoms. The summed E-state index contributed by atoms with van der Waals surface area (Å²) >= 11 is 6.03. The minimum absolute atomic E-state index is 0.209. The minimum Gasteiger partial charge on any atom is -0.391 e. The molecule has 0 spiro atoms. The molecule has 41 heavy (non-hydrogen) atoms. The second-order valence-electron chi connectivity index (χ2n) is 11.3. The third kappa shape index (κ3) is 10.1. The number of hydrogen-bond acceptors (Lipinski definition) is 5. The van der Waals surface area contributed by atoms with E-state index in [2.05, 4.69) is 60.1 Å². The Morgan fingerprint density at radius 3 is 2.37 bits per heavy atom. The van der Waals surface area contributed by atoms with Gasteiger partial charge in [-0.25, -0.2) is 0 Å². The van der Waals surface area contributed by atoms with Crippen LogP contribution in [-0.2, 0) is 22.8 Å². The van der Waals surface area contributed by atoms with E-state index in [-0.39, 0.29) is 5.92 Å². The number of nitrogens with zero attached hydrogens (tertiary/aromatic N) is 3. The van der Waals surface area contributed by atoms with Crippen molar-refractivity contribution in [3.63, 3.8) is 0 Å². The molecular formula is C35H44ClN3O2. The lowest BCUT2D eigenvalue weighted by molar-refractivity contribution is -0.124. The van der Waals surface area contributed by atoms with Crippen molar-refractivity contribution in [3.05, 3.63) is 100 Å². The second kappa shape index (κ2) is 16.4. The molecule has 1 aliphatic rings. The van der Waals surface area contributed by atoms with Crippen LogP contribution in [0.25, 0.3) is 0 Å². The van der Waals surface area contributed by atoms with Crippen molar-refractivity contribution in [2.24, 2.45) is 17.0 Å². The Morgan fingerprint density at radius 2 is 1.68 bits per heavy atom. The molecule has 1 fully saturated rings. The summed E-state index contributed by atoms with van der Waals surface area (Å²) in [6.07, 6.45) is 11.4. The molecule has 1 unspecified atom stereocenters. The third-order valence-electron chi connectivity index (χ3n) is 8.10. The first-order chi connectivity index (χ1) is 20.0. The molecule has 1 atom stereocenters. The maximum atomic E-state index is 13.0. The van der Waals surface area contributed by atoms with Crippen LogP contribution in [0.4, 0.5) is 0 Å². The molecule has 0 bridgehead atoms. The maximum absolute atomic E-state index is 13.0. The molecule has 1 saturated heterocycles. The van der Waals surface area contributed by atoms with Gasteiger partial charge in [0.2, 0.25) is 0 Å². The van der Waals surface area contributed by atoms with Gasteiger partial charge in [-0.05, 0) is 93.1 Å². The number of carbonyl (C=O) groups excluding carboxylic acids is 1. The molecule has 1 aliphatic heterocycles. The van der Waals surface area contributed by atoms with Gasteiger partial charge in [-0.2, -0.15) is 0 Å². The second-order valence-corrected chi connectivity index (χ2v) is 11.8. The number of likely N-dealkylation sites (tertiary alicyclic amines) is 1. The fourth-order valence-electron chi connectivity index (χ4n) is 5.66. The summed E-state index contributed by atoms with van der Waals surface area (Å²) in [4.78, 5) is 25.5. The molecule has 2 heterocycles. The molecule has 4 rings (SSSR count). The first kappa shape index (κ1) is 30.9. The highest BCUT2D eigenvalue weighted by atomic mass is 35.5. The van der Waals surface area contributed by atoms with Gasteiger partial charge in [0, 0.05) is 42.2 Å². The van der Waals surface area contributed by atoms with Crippen LogP contribution in [0.1, 0.15) is 80.5 Å².